The van der Waals surface area contributed by atoms with Gasteiger partial charge in [-0.05, 0) is 37.1 Å². The molecule has 0 spiro atoms. The second-order valence-corrected chi connectivity index (χ2v) is 6.25. The van der Waals surface area contributed by atoms with E-state index in [9.17, 15) is 14.3 Å². The van der Waals surface area contributed by atoms with Crippen molar-refractivity contribution in [3.63, 3.8) is 0 Å². The van der Waals surface area contributed by atoms with Crippen LogP contribution < -0.4 is 0 Å². The first-order chi connectivity index (χ1) is 10.6. The minimum atomic E-state index is -0.326. The number of carbonyl (C=O) groups is 1. The summed E-state index contributed by atoms with van der Waals surface area (Å²) in [6.45, 7) is 2.93. The van der Waals surface area contributed by atoms with E-state index in [4.69, 9.17) is 0 Å². The Morgan fingerprint density at radius 1 is 1.05 bits per heavy atom. The van der Waals surface area contributed by atoms with Gasteiger partial charge in [0, 0.05) is 37.8 Å². The van der Waals surface area contributed by atoms with Crippen LogP contribution in [0.25, 0.3) is 0 Å². The molecule has 1 aromatic rings. The molecule has 5 heteroatoms. The first-order valence-electron chi connectivity index (χ1n) is 8.12. The van der Waals surface area contributed by atoms with Crippen molar-refractivity contribution >= 4 is 5.91 Å². The van der Waals surface area contributed by atoms with Crippen LogP contribution in [0.4, 0.5) is 4.39 Å². The van der Waals surface area contributed by atoms with Crippen LogP contribution in [0, 0.1) is 5.82 Å². The van der Waals surface area contributed by atoms with Gasteiger partial charge in [0.05, 0.1) is 6.10 Å². The fraction of sp³-hybridized carbons (Fsp3) is 0.588. The third-order valence-corrected chi connectivity index (χ3v) is 4.86. The van der Waals surface area contributed by atoms with E-state index in [2.05, 4.69) is 4.90 Å². The Labute approximate surface area is 130 Å². The lowest BCUT2D eigenvalue weighted by Gasteiger charge is -2.42. The van der Waals surface area contributed by atoms with Crippen molar-refractivity contribution < 1.29 is 14.3 Å². The van der Waals surface area contributed by atoms with Crippen molar-refractivity contribution in [3.8, 4) is 0 Å². The van der Waals surface area contributed by atoms with Crippen LogP contribution in [-0.2, 0) is 0 Å². The molecule has 1 aliphatic heterocycles. The number of rotatable bonds is 2. The van der Waals surface area contributed by atoms with Crippen LogP contribution in [0.2, 0.25) is 0 Å². The van der Waals surface area contributed by atoms with E-state index in [-0.39, 0.29) is 23.9 Å². The molecule has 4 nitrogen and oxygen atoms in total. The highest BCUT2D eigenvalue weighted by Gasteiger charge is 2.31. The first kappa shape index (κ1) is 15.4. The van der Waals surface area contributed by atoms with E-state index >= 15 is 0 Å². The predicted molar refractivity (Wildman–Crippen MR) is 82.1 cm³/mol. The minimum Gasteiger partial charge on any atom is -0.391 e. The van der Waals surface area contributed by atoms with Crippen LogP contribution in [0.15, 0.2) is 24.3 Å². The summed E-state index contributed by atoms with van der Waals surface area (Å²) in [7, 11) is 0. The van der Waals surface area contributed by atoms with Crippen LogP contribution in [0.3, 0.4) is 0 Å². The zero-order valence-corrected chi connectivity index (χ0v) is 12.7. The SMILES string of the molecule is O=C(c1ccc(F)cc1)N1CCN(C2CCCCC2O)CC1. The molecule has 0 bridgehead atoms. The van der Waals surface area contributed by atoms with E-state index < -0.39 is 0 Å². The van der Waals surface area contributed by atoms with Crippen molar-refractivity contribution in [2.45, 2.75) is 37.8 Å². The lowest BCUT2D eigenvalue weighted by Crippen LogP contribution is -2.55. The molecule has 1 heterocycles. The second kappa shape index (κ2) is 6.75. The van der Waals surface area contributed by atoms with Gasteiger partial charge in [0.1, 0.15) is 5.82 Å². The summed E-state index contributed by atoms with van der Waals surface area (Å²) >= 11 is 0. The number of aliphatic hydroxyl groups excluding tert-OH is 1. The Morgan fingerprint density at radius 2 is 1.68 bits per heavy atom. The molecular weight excluding hydrogens is 283 g/mol. The number of carbonyl (C=O) groups excluding carboxylic acids is 1. The molecule has 1 aliphatic carbocycles. The standard InChI is InChI=1S/C17H23FN2O2/c18-14-7-5-13(6-8-14)17(22)20-11-9-19(10-12-20)15-3-1-2-4-16(15)21/h5-8,15-16,21H,1-4,9-12H2. The summed E-state index contributed by atoms with van der Waals surface area (Å²) in [6.07, 6.45) is 4.00. The second-order valence-electron chi connectivity index (χ2n) is 6.25. The molecule has 0 radical (unpaired) electrons. The highest BCUT2D eigenvalue weighted by atomic mass is 19.1. The van der Waals surface area contributed by atoms with Crippen molar-refractivity contribution in [1.29, 1.82) is 0 Å². The molecule has 3 rings (SSSR count). The largest absolute Gasteiger partial charge is 0.391 e. The molecule has 1 aromatic carbocycles. The molecule has 1 N–H and O–H groups in total. The zero-order chi connectivity index (χ0) is 15.5. The van der Waals surface area contributed by atoms with Crippen molar-refractivity contribution in [3.05, 3.63) is 35.6 Å². The molecule has 2 unspecified atom stereocenters. The normalized spacial score (nSPS) is 26.9. The number of benzene rings is 1. The molecule has 2 aliphatic rings. The number of hydrogen-bond donors (Lipinski definition) is 1. The van der Waals surface area contributed by atoms with Gasteiger partial charge in [-0.15, -0.1) is 0 Å². The third-order valence-electron chi connectivity index (χ3n) is 4.86. The number of hydrogen-bond acceptors (Lipinski definition) is 3. The number of piperazine rings is 1. The Bertz CT molecular complexity index is 512. The quantitative estimate of drug-likeness (QED) is 0.907. The van der Waals surface area contributed by atoms with Crippen LogP contribution in [0.1, 0.15) is 36.0 Å². The van der Waals surface area contributed by atoms with Gasteiger partial charge in [0.15, 0.2) is 0 Å². The van der Waals surface area contributed by atoms with Crippen LogP contribution in [-0.4, -0.2) is 59.1 Å². The maximum atomic E-state index is 12.9. The number of aliphatic hydroxyl groups is 1. The number of nitrogens with zero attached hydrogens (tertiary/aromatic N) is 2. The van der Waals surface area contributed by atoms with Gasteiger partial charge in [-0.1, -0.05) is 12.8 Å². The Balaban J connectivity index is 1.57. The number of amides is 1. The lowest BCUT2D eigenvalue weighted by atomic mass is 9.91. The minimum absolute atomic E-state index is 0.0381. The van der Waals surface area contributed by atoms with Crippen LogP contribution in [0.5, 0.6) is 0 Å². The zero-order valence-electron chi connectivity index (χ0n) is 12.7. The van der Waals surface area contributed by atoms with Crippen LogP contribution >= 0.6 is 0 Å². The molecule has 120 valence electrons. The van der Waals surface area contributed by atoms with E-state index in [0.29, 0.717) is 18.7 Å². The predicted octanol–water partition coefficient (Wildman–Crippen LogP) is 1.89. The average Bonchev–Trinajstić information content (AvgIpc) is 2.56. The van der Waals surface area contributed by atoms with E-state index in [0.717, 1.165) is 32.4 Å². The maximum absolute atomic E-state index is 12.9. The molecule has 1 saturated heterocycles. The Hall–Kier alpha value is -1.46. The van der Waals surface area contributed by atoms with Gasteiger partial charge in [-0.25, -0.2) is 4.39 Å². The van der Waals surface area contributed by atoms with Crippen molar-refractivity contribution in [2.75, 3.05) is 26.2 Å². The molecule has 1 amide bonds. The monoisotopic (exact) mass is 306 g/mol. The van der Waals surface area contributed by atoms with Gasteiger partial charge in [-0.3, -0.25) is 9.69 Å². The topological polar surface area (TPSA) is 43.8 Å². The highest BCUT2D eigenvalue weighted by molar-refractivity contribution is 5.94. The molecule has 2 atom stereocenters. The maximum Gasteiger partial charge on any atom is 0.253 e. The molecule has 0 aromatic heterocycles. The highest BCUT2D eigenvalue weighted by Crippen LogP contribution is 2.24. The number of halogens is 1. The van der Waals surface area contributed by atoms with E-state index in [1.165, 1.54) is 30.7 Å². The molecule has 1 saturated carbocycles. The first-order valence-corrected chi connectivity index (χ1v) is 8.12. The van der Waals surface area contributed by atoms with Crippen molar-refractivity contribution in [1.82, 2.24) is 9.80 Å². The molecule has 2 fully saturated rings. The molecule has 22 heavy (non-hydrogen) atoms. The lowest BCUT2D eigenvalue weighted by molar-refractivity contribution is -0.00172. The Morgan fingerprint density at radius 3 is 2.32 bits per heavy atom. The fourth-order valence-electron chi connectivity index (χ4n) is 3.55. The average molecular weight is 306 g/mol. The van der Waals surface area contributed by atoms with Gasteiger partial charge < -0.3 is 10.0 Å². The van der Waals surface area contributed by atoms with Gasteiger partial charge in [-0.2, -0.15) is 0 Å². The Kier molecular flexibility index (Phi) is 4.74. The fourth-order valence-corrected chi connectivity index (χ4v) is 3.55. The summed E-state index contributed by atoms with van der Waals surface area (Å²) in [6, 6.07) is 5.96. The van der Waals surface area contributed by atoms with Gasteiger partial charge in [0.2, 0.25) is 0 Å². The summed E-state index contributed by atoms with van der Waals surface area (Å²) in [5.41, 5.74) is 0.535. The van der Waals surface area contributed by atoms with E-state index in [1.54, 1.807) is 0 Å². The van der Waals surface area contributed by atoms with E-state index in [1.807, 2.05) is 4.90 Å². The summed E-state index contributed by atoms with van der Waals surface area (Å²) in [5.74, 6) is -0.364. The summed E-state index contributed by atoms with van der Waals surface area (Å²) in [5, 5.41) is 10.1. The molecular formula is C17H23FN2O2. The summed E-state index contributed by atoms with van der Waals surface area (Å²) < 4.78 is 12.9. The third kappa shape index (κ3) is 3.31. The van der Waals surface area contributed by atoms with Gasteiger partial charge >= 0.3 is 0 Å². The summed E-state index contributed by atoms with van der Waals surface area (Å²) in [4.78, 5) is 16.5. The van der Waals surface area contributed by atoms with Crippen molar-refractivity contribution in [2.24, 2.45) is 0 Å². The smallest absolute Gasteiger partial charge is 0.253 e. The van der Waals surface area contributed by atoms with Gasteiger partial charge in [0.25, 0.3) is 5.91 Å².